The summed E-state index contributed by atoms with van der Waals surface area (Å²) in [6.07, 6.45) is 0.680. The van der Waals surface area contributed by atoms with E-state index in [-0.39, 0.29) is 23.5 Å². The summed E-state index contributed by atoms with van der Waals surface area (Å²) in [6, 6.07) is 3.44. The Balaban J connectivity index is 1.71. The quantitative estimate of drug-likeness (QED) is 0.720. The third kappa shape index (κ3) is 3.98. The zero-order valence-corrected chi connectivity index (χ0v) is 16.8. The van der Waals surface area contributed by atoms with E-state index in [2.05, 4.69) is 4.90 Å². The van der Waals surface area contributed by atoms with Crippen LogP contribution in [0.5, 0.6) is 17.2 Å². The molecule has 0 unspecified atom stereocenters. The molecular formula is C18H26N2O6S. The van der Waals surface area contributed by atoms with Crippen molar-refractivity contribution < 1.29 is 27.4 Å². The summed E-state index contributed by atoms with van der Waals surface area (Å²) in [7, 11) is 1.62. The van der Waals surface area contributed by atoms with E-state index >= 15 is 0 Å². The van der Waals surface area contributed by atoms with Crippen molar-refractivity contribution in [3.8, 4) is 17.2 Å². The predicted octanol–water partition coefficient (Wildman–Crippen LogP) is 0.657. The Morgan fingerprint density at radius 3 is 2.19 bits per heavy atom. The predicted molar refractivity (Wildman–Crippen MR) is 101 cm³/mol. The number of carbonyl (C=O) groups excluding carboxylic acids is 1. The molecule has 0 aliphatic carbocycles. The van der Waals surface area contributed by atoms with Crippen molar-refractivity contribution >= 4 is 15.7 Å². The molecule has 0 radical (unpaired) electrons. The fourth-order valence-electron chi connectivity index (χ4n) is 3.79. The third-order valence-corrected chi connectivity index (χ3v) is 7.01. The van der Waals surface area contributed by atoms with E-state index in [1.165, 1.54) is 21.3 Å². The first kappa shape index (κ1) is 19.8. The highest BCUT2D eigenvalue weighted by Crippen LogP contribution is 2.40. The lowest BCUT2D eigenvalue weighted by Gasteiger charge is -2.37. The van der Waals surface area contributed by atoms with E-state index in [9.17, 15) is 13.2 Å². The number of nitrogens with zero attached hydrogens (tertiary/aromatic N) is 2. The molecule has 2 heterocycles. The topological polar surface area (TPSA) is 85.4 Å². The molecule has 0 saturated carbocycles. The van der Waals surface area contributed by atoms with Gasteiger partial charge in [-0.25, -0.2) is 8.42 Å². The van der Waals surface area contributed by atoms with Gasteiger partial charge in [0.1, 0.15) is 0 Å². The summed E-state index contributed by atoms with van der Waals surface area (Å²) in [5, 5.41) is 0. The molecule has 2 aliphatic heterocycles. The lowest BCUT2D eigenvalue weighted by atomic mass is 10.1. The molecule has 9 heteroatoms. The number of rotatable bonds is 5. The lowest BCUT2D eigenvalue weighted by molar-refractivity contribution is 0.0584. The molecule has 2 saturated heterocycles. The van der Waals surface area contributed by atoms with Crippen LogP contribution in [-0.4, -0.2) is 89.2 Å². The average Bonchev–Trinajstić information content (AvgIpc) is 3.05. The van der Waals surface area contributed by atoms with Crippen LogP contribution in [0.1, 0.15) is 16.8 Å². The summed E-state index contributed by atoms with van der Waals surface area (Å²) in [6.45, 7) is 2.43. The minimum absolute atomic E-state index is 0.0721. The highest BCUT2D eigenvalue weighted by molar-refractivity contribution is 7.91. The summed E-state index contributed by atoms with van der Waals surface area (Å²) in [5.41, 5.74) is 0.423. The molecule has 1 aromatic carbocycles. The van der Waals surface area contributed by atoms with E-state index in [1.807, 2.05) is 0 Å². The maximum atomic E-state index is 13.0. The second-order valence-electron chi connectivity index (χ2n) is 6.77. The number of amides is 1. The van der Waals surface area contributed by atoms with E-state index in [0.717, 1.165) is 0 Å². The molecule has 0 bridgehead atoms. The molecule has 0 aromatic heterocycles. The van der Waals surface area contributed by atoms with Crippen LogP contribution in [0.4, 0.5) is 0 Å². The molecule has 1 amide bonds. The van der Waals surface area contributed by atoms with Gasteiger partial charge in [-0.3, -0.25) is 9.69 Å². The summed E-state index contributed by atoms with van der Waals surface area (Å²) in [4.78, 5) is 17.0. The van der Waals surface area contributed by atoms with Crippen LogP contribution >= 0.6 is 0 Å². The molecule has 0 N–H and O–H groups in total. The van der Waals surface area contributed by atoms with Crippen LogP contribution in [-0.2, 0) is 9.84 Å². The van der Waals surface area contributed by atoms with Crippen LogP contribution in [0.2, 0.25) is 0 Å². The van der Waals surface area contributed by atoms with Gasteiger partial charge in [-0.1, -0.05) is 0 Å². The smallest absolute Gasteiger partial charge is 0.257 e. The second kappa shape index (κ2) is 7.93. The van der Waals surface area contributed by atoms with Crippen LogP contribution in [0.25, 0.3) is 0 Å². The first-order chi connectivity index (χ1) is 12.9. The number of sulfone groups is 1. The minimum Gasteiger partial charge on any atom is -0.493 e. The van der Waals surface area contributed by atoms with Gasteiger partial charge in [0.15, 0.2) is 21.3 Å². The van der Waals surface area contributed by atoms with Crippen molar-refractivity contribution in [2.45, 2.75) is 12.5 Å². The number of piperazine rings is 1. The number of carbonyl (C=O) groups is 1. The summed E-state index contributed by atoms with van der Waals surface area (Å²) >= 11 is 0. The van der Waals surface area contributed by atoms with Gasteiger partial charge in [0.2, 0.25) is 5.75 Å². The summed E-state index contributed by atoms with van der Waals surface area (Å²) < 4.78 is 39.4. The van der Waals surface area contributed by atoms with Crippen LogP contribution in [0.15, 0.2) is 12.1 Å². The maximum Gasteiger partial charge on any atom is 0.257 e. The van der Waals surface area contributed by atoms with E-state index < -0.39 is 9.84 Å². The van der Waals surface area contributed by atoms with Crippen molar-refractivity contribution in [1.82, 2.24) is 9.80 Å². The Morgan fingerprint density at radius 2 is 1.67 bits per heavy atom. The minimum atomic E-state index is -2.91. The summed E-state index contributed by atoms with van der Waals surface area (Å²) in [5.74, 6) is 1.60. The Hall–Kier alpha value is -2.00. The SMILES string of the molecule is COc1ccc(C(=O)N2CCN([C@H]3CCS(=O)(=O)C3)CC2)c(OC)c1OC. The molecule has 3 rings (SSSR count). The normalized spacial score (nSPS) is 22.5. The number of ether oxygens (including phenoxy) is 3. The van der Waals surface area contributed by atoms with Gasteiger partial charge in [-0.15, -0.1) is 0 Å². The van der Waals surface area contributed by atoms with E-state index in [4.69, 9.17) is 14.2 Å². The Bertz CT molecular complexity index is 802. The maximum absolute atomic E-state index is 13.0. The molecule has 2 aliphatic rings. The largest absolute Gasteiger partial charge is 0.493 e. The van der Waals surface area contributed by atoms with Crippen LogP contribution in [0, 0.1) is 0 Å². The molecule has 1 atom stereocenters. The molecular weight excluding hydrogens is 372 g/mol. The highest BCUT2D eigenvalue weighted by atomic mass is 32.2. The Labute approximate surface area is 159 Å². The van der Waals surface area contributed by atoms with Crippen molar-refractivity contribution in [3.63, 3.8) is 0 Å². The van der Waals surface area contributed by atoms with Gasteiger partial charge < -0.3 is 19.1 Å². The number of hydrogen-bond acceptors (Lipinski definition) is 7. The Morgan fingerprint density at radius 1 is 1.00 bits per heavy atom. The van der Waals surface area contributed by atoms with Gasteiger partial charge in [0.25, 0.3) is 5.91 Å². The standard InChI is InChI=1S/C18H26N2O6S/c1-24-15-5-4-14(16(25-2)17(15)26-3)18(21)20-9-7-19(8-10-20)13-6-11-27(22,23)12-13/h4-5,13H,6-12H2,1-3H3/t13-/m0/s1. The van der Waals surface area contributed by atoms with Crippen molar-refractivity contribution in [2.75, 3.05) is 59.0 Å². The molecule has 1 aromatic rings. The molecule has 27 heavy (non-hydrogen) atoms. The molecule has 2 fully saturated rings. The molecule has 8 nitrogen and oxygen atoms in total. The van der Waals surface area contributed by atoms with Gasteiger partial charge in [0.05, 0.1) is 38.4 Å². The van der Waals surface area contributed by atoms with Crippen LogP contribution in [0.3, 0.4) is 0 Å². The van der Waals surface area contributed by atoms with Crippen molar-refractivity contribution in [1.29, 1.82) is 0 Å². The fourth-order valence-corrected chi connectivity index (χ4v) is 5.56. The van der Waals surface area contributed by atoms with Gasteiger partial charge >= 0.3 is 0 Å². The average molecular weight is 398 g/mol. The highest BCUT2D eigenvalue weighted by Gasteiger charge is 2.35. The molecule has 0 spiro atoms. The van der Waals surface area contributed by atoms with E-state index in [1.54, 1.807) is 17.0 Å². The van der Waals surface area contributed by atoms with E-state index in [0.29, 0.717) is 55.4 Å². The fraction of sp³-hybridized carbons (Fsp3) is 0.611. The van der Waals surface area contributed by atoms with Gasteiger partial charge in [0, 0.05) is 32.2 Å². The zero-order chi connectivity index (χ0) is 19.6. The van der Waals surface area contributed by atoms with Crippen LogP contribution < -0.4 is 14.2 Å². The third-order valence-electron chi connectivity index (χ3n) is 5.26. The van der Waals surface area contributed by atoms with Crippen molar-refractivity contribution in [3.05, 3.63) is 17.7 Å². The number of benzene rings is 1. The molecule has 150 valence electrons. The zero-order valence-electron chi connectivity index (χ0n) is 15.9. The first-order valence-corrected chi connectivity index (χ1v) is 10.7. The Kier molecular flexibility index (Phi) is 5.81. The van der Waals surface area contributed by atoms with Gasteiger partial charge in [-0.2, -0.15) is 0 Å². The monoisotopic (exact) mass is 398 g/mol. The van der Waals surface area contributed by atoms with Crippen molar-refractivity contribution in [2.24, 2.45) is 0 Å². The lowest BCUT2D eigenvalue weighted by Crippen LogP contribution is -2.52. The number of hydrogen-bond donors (Lipinski definition) is 0. The van der Waals surface area contributed by atoms with Gasteiger partial charge in [-0.05, 0) is 18.6 Å². The number of methoxy groups -OCH3 is 3. The first-order valence-electron chi connectivity index (χ1n) is 8.93. The second-order valence-corrected chi connectivity index (χ2v) is 9.00.